The standard InChI is InChI=1S/C14H21N3O3S/c1-14(2,3)20-13(19)17-6-10(7-17)16-5-11-4-9(8-21-11)12(15)18/h4,8,10,16H,5-7H2,1-3H3,(H2,15,18). The number of ether oxygens (including phenoxy) is 1. The molecule has 0 radical (unpaired) electrons. The van der Waals surface area contributed by atoms with Gasteiger partial charge in [-0.25, -0.2) is 4.79 Å². The van der Waals surface area contributed by atoms with Crippen molar-refractivity contribution in [3.63, 3.8) is 0 Å². The summed E-state index contributed by atoms with van der Waals surface area (Å²) < 4.78 is 5.29. The number of nitrogens with two attached hydrogens (primary N) is 1. The zero-order valence-corrected chi connectivity index (χ0v) is 13.3. The first-order chi connectivity index (χ1) is 9.74. The average Bonchev–Trinajstić information content (AvgIpc) is 2.73. The van der Waals surface area contributed by atoms with Gasteiger partial charge >= 0.3 is 6.09 Å². The highest BCUT2D eigenvalue weighted by molar-refractivity contribution is 7.10. The van der Waals surface area contributed by atoms with E-state index < -0.39 is 11.5 Å². The number of nitrogens with zero attached hydrogens (tertiary/aromatic N) is 1. The SMILES string of the molecule is CC(C)(C)OC(=O)N1CC(NCc2cc(C(N)=O)cs2)C1. The van der Waals surface area contributed by atoms with E-state index in [2.05, 4.69) is 5.32 Å². The molecule has 7 heteroatoms. The van der Waals surface area contributed by atoms with Crippen LogP contribution in [-0.4, -0.2) is 41.6 Å². The molecule has 21 heavy (non-hydrogen) atoms. The summed E-state index contributed by atoms with van der Waals surface area (Å²) >= 11 is 1.50. The molecule has 6 nitrogen and oxygen atoms in total. The van der Waals surface area contributed by atoms with Crippen LogP contribution in [0.2, 0.25) is 0 Å². The van der Waals surface area contributed by atoms with Gasteiger partial charge in [0.05, 0.1) is 5.56 Å². The maximum Gasteiger partial charge on any atom is 0.410 e. The third kappa shape index (κ3) is 4.44. The molecule has 0 aromatic carbocycles. The molecule has 2 amide bonds. The Balaban J connectivity index is 1.71. The fourth-order valence-electron chi connectivity index (χ4n) is 1.93. The van der Waals surface area contributed by atoms with Crippen LogP contribution in [0.4, 0.5) is 4.79 Å². The van der Waals surface area contributed by atoms with Crippen LogP contribution in [0.15, 0.2) is 11.4 Å². The summed E-state index contributed by atoms with van der Waals surface area (Å²) in [5.74, 6) is -0.405. The van der Waals surface area contributed by atoms with Crippen molar-refractivity contribution >= 4 is 23.3 Å². The predicted molar refractivity (Wildman–Crippen MR) is 81.3 cm³/mol. The van der Waals surface area contributed by atoms with E-state index in [-0.39, 0.29) is 12.1 Å². The minimum Gasteiger partial charge on any atom is -0.444 e. The van der Waals surface area contributed by atoms with Gasteiger partial charge in [0.1, 0.15) is 5.60 Å². The quantitative estimate of drug-likeness (QED) is 0.883. The number of primary amides is 1. The van der Waals surface area contributed by atoms with E-state index in [4.69, 9.17) is 10.5 Å². The second kappa shape index (κ2) is 6.03. The van der Waals surface area contributed by atoms with Crippen molar-refractivity contribution in [2.24, 2.45) is 5.73 Å². The van der Waals surface area contributed by atoms with Crippen LogP contribution in [-0.2, 0) is 11.3 Å². The summed E-state index contributed by atoms with van der Waals surface area (Å²) in [7, 11) is 0. The van der Waals surface area contributed by atoms with Crippen LogP contribution in [0.25, 0.3) is 0 Å². The van der Waals surface area contributed by atoms with Gasteiger partial charge in [0.2, 0.25) is 5.91 Å². The van der Waals surface area contributed by atoms with Gasteiger partial charge in [-0.3, -0.25) is 4.79 Å². The minimum absolute atomic E-state index is 0.261. The van der Waals surface area contributed by atoms with E-state index in [0.29, 0.717) is 25.2 Å². The van der Waals surface area contributed by atoms with Gasteiger partial charge in [-0.1, -0.05) is 0 Å². The van der Waals surface area contributed by atoms with E-state index in [1.807, 2.05) is 20.8 Å². The van der Waals surface area contributed by atoms with Gasteiger partial charge in [-0.15, -0.1) is 11.3 Å². The van der Waals surface area contributed by atoms with Crippen molar-refractivity contribution in [1.82, 2.24) is 10.2 Å². The first-order valence-corrected chi connectivity index (χ1v) is 7.71. The fraction of sp³-hybridized carbons (Fsp3) is 0.571. The highest BCUT2D eigenvalue weighted by Crippen LogP contribution is 2.17. The smallest absolute Gasteiger partial charge is 0.410 e. The van der Waals surface area contributed by atoms with Crippen LogP contribution >= 0.6 is 11.3 Å². The van der Waals surface area contributed by atoms with Crippen LogP contribution < -0.4 is 11.1 Å². The third-order valence-electron chi connectivity index (χ3n) is 3.04. The first-order valence-electron chi connectivity index (χ1n) is 6.83. The number of amides is 2. The number of carbonyl (C=O) groups excluding carboxylic acids is 2. The molecule has 0 aliphatic carbocycles. The molecule has 1 fully saturated rings. The molecule has 1 aromatic heterocycles. The maximum atomic E-state index is 11.8. The summed E-state index contributed by atoms with van der Waals surface area (Å²) in [4.78, 5) is 25.5. The summed E-state index contributed by atoms with van der Waals surface area (Å²) in [6.07, 6.45) is -0.271. The van der Waals surface area contributed by atoms with E-state index in [1.165, 1.54) is 11.3 Å². The molecule has 0 saturated carbocycles. The van der Waals surface area contributed by atoms with E-state index >= 15 is 0 Å². The van der Waals surface area contributed by atoms with Gasteiger partial charge < -0.3 is 20.7 Å². The zero-order valence-electron chi connectivity index (χ0n) is 12.5. The summed E-state index contributed by atoms with van der Waals surface area (Å²) in [6, 6.07) is 2.06. The van der Waals surface area contributed by atoms with E-state index in [9.17, 15) is 9.59 Å². The molecule has 1 aromatic rings. The van der Waals surface area contributed by atoms with Gasteiger partial charge in [0.25, 0.3) is 0 Å². The molecule has 0 spiro atoms. The first kappa shape index (κ1) is 15.8. The Hall–Kier alpha value is -1.60. The molecule has 116 valence electrons. The van der Waals surface area contributed by atoms with Crippen LogP contribution in [0.5, 0.6) is 0 Å². The maximum absolute atomic E-state index is 11.8. The van der Waals surface area contributed by atoms with Gasteiger partial charge in [0, 0.05) is 35.9 Å². The lowest BCUT2D eigenvalue weighted by atomic mass is 10.1. The molecule has 2 rings (SSSR count). The van der Waals surface area contributed by atoms with Gasteiger partial charge in [0.15, 0.2) is 0 Å². The normalized spacial score (nSPS) is 15.7. The Morgan fingerprint density at radius 1 is 1.48 bits per heavy atom. The molecular formula is C14H21N3O3S. The van der Waals surface area contributed by atoms with Crippen molar-refractivity contribution < 1.29 is 14.3 Å². The third-order valence-corrected chi connectivity index (χ3v) is 3.97. The predicted octanol–water partition coefficient (Wildman–Crippen LogP) is 1.56. The monoisotopic (exact) mass is 311 g/mol. The summed E-state index contributed by atoms with van der Waals surface area (Å²) in [6.45, 7) is 7.52. The largest absolute Gasteiger partial charge is 0.444 e. The van der Waals surface area contributed by atoms with Crippen LogP contribution in [0.1, 0.15) is 36.0 Å². The lowest BCUT2D eigenvalue weighted by Gasteiger charge is -2.40. The Kier molecular flexibility index (Phi) is 4.53. The number of hydrogen-bond acceptors (Lipinski definition) is 5. The highest BCUT2D eigenvalue weighted by atomic mass is 32.1. The number of thiophene rings is 1. The molecule has 1 aliphatic heterocycles. The van der Waals surface area contributed by atoms with Gasteiger partial charge in [-0.2, -0.15) is 0 Å². The van der Waals surface area contributed by atoms with Crippen molar-refractivity contribution in [1.29, 1.82) is 0 Å². The zero-order chi connectivity index (χ0) is 15.6. The summed E-state index contributed by atoms with van der Waals surface area (Å²) in [5.41, 5.74) is 5.29. The van der Waals surface area contributed by atoms with Crippen LogP contribution in [0.3, 0.4) is 0 Å². The van der Waals surface area contributed by atoms with E-state index in [1.54, 1.807) is 16.3 Å². The minimum atomic E-state index is -0.461. The van der Waals surface area contributed by atoms with Crippen LogP contribution in [0, 0.1) is 0 Å². The second-order valence-electron chi connectivity index (χ2n) is 6.13. The van der Waals surface area contributed by atoms with Crippen molar-refractivity contribution in [2.45, 2.75) is 39.0 Å². The number of likely N-dealkylation sites (tertiary alicyclic amines) is 1. The summed E-state index contributed by atoms with van der Waals surface area (Å²) in [5, 5.41) is 5.10. The molecular weight excluding hydrogens is 290 g/mol. The molecule has 3 N–H and O–H groups in total. The van der Waals surface area contributed by atoms with Crippen molar-refractivity contribution in [3.8, 4) is 0 Å². The number of rotatable bonds is 4. The number of hydrogen-bond donors (Lipinski definition) is 2. The number of carbonyl (C=O) groups is 2. The Bertz CT molecular complexity index is 530. The van der Waals surface area contributed by atoms with Crippen molar-refractivity contribution in [3.05, 3.63) is 21.9 Å². The highest BCUT2D eigenvalue weighted by Gasteiger charge is 2.33. The Morgan fingerprint density at radius 3 is 2.67 bits per heavy atom. The molecule has 2 heterocycles. The topological polar surface area (TPSA) is 84.7 Å². The van der Waals surface area contributed by atoms with Gasteiger partial charge in [-0.05, 0) is 26.8 Å². The van der Waals surface area contributed by atoms with E-state index in [0.717, 1.165) is 4.88 Å². The lowest BCUT2D eigenvalue weighted by Crippen LogP contribution is -2.60. The molecule has 0 bridgehead atoms. The molecule has 1 saturated heterocycles. The molecule has 0 unspecified atom stereocenters. The fourth-order valence-corrected chi connectivity index (χ4v) is 2.75. The average molecular weight is 311 g/mol. The van der Waals surface area contributed by atoms with Crippen molar-refractivity contribution in [2.75, 3.05) is 13.1 Å². The Morgan fingerprint density at radius 2 is 2.14 bits per heavy atom. The number of nitrogens with one attached hydrogen (secondary N) is 1. The molecule has 0 atom stereocenters. The Labute approximate surface area is 128 Å². The molecule has 1 aliphatic rings. The second-order valence-corrected chi connectivity index (χ2v) is 7.12. The lowest BCUT2D eigenvalue weighted by molar-refractivity contribution is 0.00520.